The molecule has 4 aromatic rings. The van der Waals surface area contributed by atoms with Crippen LogP contribution in [0.5, 0.6) is 0 Å². The summed E-state index contributed by atoms with van der Waals surface area (Å²) in [5.41, 5.74) is 3.12. The van der Waals surface area contributed by atoms with Gasteiger partial charge in [0.2, 0.25) is 20.0 Å². The molecule has 0 amide bonds. The van der Waals surface area contributed by atoms with Crippen molar-refractivity contribution in [2.45, 2.75) is 108 Å². The molecule has 2 aromatic carbocycles. The highest BCUT2D eigenvalue weighted by atomic mass is 32.2. The summed E-state index contributed by atoms with van der Waals surface area (Å²) in [5.74, 6) is 0. The van der Waals surface area contributed by atoms with Gasteiger partial charge in [0.1, 0.15) is 0 Å². The third-order valence-electron chi connectivity index (χ3n) is 8.66. The summed E-state index contributed by atoms with van der Waals surface area (Å²) < 4.78 is 58.8. The van der Waals surface area contributed by atoms with Crippen LogP contribution in [-0.2, 0) is 33.1 Å². The first-order valence-electron chi connectivity index (χ1n) is 16.7. The molecule has 0 unspecified atom stereocenters. The topological polar surface area (TPSA) is 110 Å². The molecule has 2 aliphatic heterocycles. The van der Waals surface area contributed by atoms with Crippen molar-refractivity contribution in [1.82, 2.24) is 27.7 Å². The maximum absolute atomic E-state index is 12.9. The zero-order chi connectivity index (χ0) is 34.0. The maximum Gasteiger partial charge on any atom is 0.243 e. The number of benzene rings is 2. The number of aromatic nitrogens is 4. The molecule has 2 aliphatic rings. The quantitative estimate of drug-likeness (QED) is 0.197. The molecular formula is C35H50N6O4S2. The fourth-order valence-corrected chi connectivity index (χ4v) is 9.58. The van der Waals surface area contributed by atoms with Crippen LogP contribution in [0.1, 0.15) is 69.2 Å². The van der Waals surface area contributed by atoms with Gasteiger partial charge in [-0.3, -0.25) is 0 Å². The van der Waals surface area contributed by atoms with Crippen LogP contribution in [0.25, 0.3) is 0 Å². The minimum atomic E-state index is -3.40. The van der Waals surface area contributed by atoms with Crippen molar-refractivity contribution in [3.63, 3.8) is 0 Å². The fourth-order valence-electron chi connectivity index (χ4n) is 6.13. The zero-order valence-corrected chi connectivity index (χ0v) is 30.0. The number of sulfonamides is 2. The Morgan fingerprint density at radius 3 is 1.55 bits per heavy atom. The van der Waals surface area contributed by atoms with Gasteiger partial charge >= 0.3 is 0 Å². The molecule has 0 bridgehead atoms. The molecule has 10 nitrogen and oxygen atoms in total. The van der Waals surface area contributed by atoms with Crippen LogP contribution in [0.2, 0.25) is 0 Å². The van der Waals surface area contributed by atoms with Crippen LogP contribution < -0.4 is 0 Å². The van der Waals surface area contributed by atoms with Crippen LogP contribution in [0.3, 0.4) is 0 Å². The number of imidazole rings is 2. The van der Waals surface area contributed by atoms with Crippen LogP contribution >= 0.6 is 0 Å². The molecule has 0 radical (unpaired) electrons. The van der Waals surface area contributed by atoms with E-state index in [1.54, 1.807) is 45.4 Å². The lowest BCUT2D eigenvalue weighted by atomic mass is 10.1. The zero-order valence-electron chi connectivity index (χ0n) is 28.4. The maximum atomic E-state index is 12.9. The van der Waals surface area contributed by atoms with Gasteiger partial charge < -0.3 is 9.13 Å². The van der Waals surface area contributed by atoms with Crippen LogP contribution in [0.15, 0.2) is 89.6 Å². The van der Waals surface area contributed by atoms with E-state index in [1.807, 2.05) is 86.7 Å². The summed E-state index contributed by atoms with van der Waals surface area (Å²) in [6.07, 6.45) is 14.6. The van der Waals surface area contributed by atoms with E-state index in [2.05, 4.69) is 9.97 Å². The molecule has 12 heteroatoms. The Balaban J connectivity index is 0.000000202. The van der Waals surface area contributed by atoms with E-state index in [0.29, 0.717) is 22.9 Å². The van der Waals surface area contributed by atoms with Gasteiger partial charge in [0.25, 0.3) is 0 Å². The van der Waals surface area contributed by atoms with Crippen LogP contribution in [0.4, 0.5) is 0 Å². The Hall–Kier alpha value is -3.32. The molecule has 0 aliphatic carbocycles. The van der Waals surface area contributed by atoms with E-state index in [0.717, 1.165) is 68.4 Å². The average Bonchev–Trinajstić information content (AvgIpc) is 3.89. The molecule has 2 saturated heterocycles. The normalized spacial score (nSPS) is 18.7. The lowest BCUT2D eigenvalue weighted by Gasteiger charge is -2.24. The van der Waals surface area contributed by atoms with Crippen molar-refractivity contribution in [3.8, 4) is 0 Å². The Labute approximate surface area is 281 Å². The first-order chi connectivity index (χ1) is 22.5. The molecule has 2 atom stereocenters. The van der Waals surface area contributed by atoms with Crippen molar-refractivity contribution in [2.75, 3.05) is 13.1 Å². The Bertz CT molecular complexity index is 1740. The minimum absolute atomic E-state index is 0.0732. The highest BCUT2D eigenvalue weighted by molar-refractivity contribution is 7.89. The van der Waals surface area contributed by atoms with Crippen LogP contribution in [0, 0.1) is 20.8 Å². The molecule has 2 fully saturated rings. The van der Waals surface area contributed by atoms with E-state index in [9.17, 15) is 16.8 Å². The SMILES string of the molecule is CC.Cc1ccc(S(=O)(=O)N2CCC[C@H]2CCn2ccnc2)cc1.Cc1ccc(S(=O)(=O)N2CCC[C@H]2CCn2cnc(C)c2)cc1. The number of aryl methyl sites for hydroxylation is 5. The summed E-state index contributed by atoms with van der Waals surface area (Å²) in [5, 5.41) is 0. The lowest BCUT2D eigenvalue weighted by Crippen LogP contribution is -2.36. The third-order valence-corrected chi connectivity index (χ3v) is 12.6. The molecule has 0 saturated carbocycles. The van der Waals surface area contributed by atoms with Gasteiger partial charge in [0.15, 0.2) is 0 Å². The second-order valence-electron chi connectivity index (χ2n) is 12.1. The average molecular weight is 683 g/mol. The molecule has 256 valence electrons. The Kier molecular flexibility index (Phi) is 13.0. The van der Waals surface area contributed by atoms with Crippen molar-refractivity contribution in [1.29, 1.82) is 0 Å². The first kappa shape index (κ1) is 36.5. The van der Waals surface area contributed by atoms with Gasteiger partial charge in [-0.1, -0.05) is 49.2 Å². The molecular weight excluding hydrogens is 633 g/mol. The second-order valence-corrected chi connectivity index (χ2v) is 15.9. The molecule has 0 spiro atoms. The highest BCUT2D eigenvalue weighted by Crippen LogP contribution is 2.29. The van der Waals surface area contributed by atoms with Gasteiger partial charge in [-0.25, -0.2) is 26.8 Å². The monoisotopic (exact) mass is 682 g/mol. The van der Waals surface area contributed by atoms with Crippen LogP contribution in [-0.4, -0.2) is 69.7 Å². The number of hydrogen-bond donors (Lipinski definition) is 0. The minimum Gasteiger partial charge on any atom is -0.337 e. The number of nitrogens with zero attached hydrogens (tertiary/aromatic N) is 6. The largest absolute Gasteiger partial charge is 0.337 e. The van der Waals surface area contributed by atoms with Gasteiger partial charge in [-0.05, 0) is 83.6 Å². The summed E-state index contributed by atoms with van der Waals surface area (Å²) in [4.78, 5) is 9.03. The molecule has 6 rings (SSSR count). The van der Waals surface area contributed by atoms with E-state index in [1.165, 1.54) is 0 Å². The third kappa shape index (κ3) is 9.40. The van der Waals surface area contributed by atoms with E-state index < -0.39 is 20.0 Å². The van der Waals surface area contributed by atoms with E-state index in [-0.39, 0.29) is 12.1 Å². The van der Waals surface area contributed by atoms with Gasteiger partial charge in [-0.2, -0.15) is 8.61 Å². The predicted molar refractivity (Wildman–Crippen MR) is 186 cm³/mol. The van der Waals surface area contributed by atoms with Crippen molar-refractivity contribution in [3.05, 3.63) is 96.6 Å². The Morgan fingerprint density at radius 2 is 1.15 bits per heavy atom. The number of hydrogen-bond acceptors (Lipinski definition) is 6. The highest BCUT2D eigenvalue weighted by Gasteiger charge is 2.36. The smallest absolute Gasteiger partial charge is 0.243 e. The van der Waals surface area contributed by atoms with E-state index >= 15 is 0 Å². The van der Waals surface area contributed by atoms with Crippen molar-refractivity contribution >= 4 is 20.0 Å². The van der Waals surface area contributed by atoms with Crippen molar-refractivity contribution in [2.24, 2.45) is 0 Å². The molecule has 2 aromatic heterocycles. The fraction of sp³-hybridized carbons (Fsp3) is 0.486. The van der Waals surface area contributed by atoms with Gasteiger partial charge in [0.05, 0.1) is 28.1 Å². The molecule has 4 heterocycles. The van der Waals surface area contributed by atoms with E-state index in [4.69, 9.17) is 0 Å². The van der Waals surface area contributed by atoms with Gasteiger partial charge in [-0.15, -0.1) is 0 Å². The summed E-state index contributed by atoms with van der Waals surface area (Å²) in [6, 6.07) is 14.4. The lowest BCUT2D eigenvalue weighted by molar-refractivity contribution is 0.355. The number of rotatable bonds is 10. The van der Waals surface area contributed by atoms with Crippen molar-refractivity contribution < 1.29 is 16.8 Å². The second kappa shape index (κ2) is 16.7. The standard InChI is InChI=1S/C17H23N3O2S.C16H21N3O2S.C2H6/c1-14-5-7-17(8-6-14)23(21,22)20-10-3-4-16(20)9-11-19-12-15(2)18-13-19;1-14-4-6-16(7-5-14)22(20,21)19-10-2-3-15(19)8-11-18-12-9-17-13-18;1-2/h5-8,12-13,16H,3-4,9-11H2,1-2H3;4-7,9,12-13,15H,2-3,8,10-11H2,1H3;1-2H3/t16-;15-;/m00./s1. The molecule has 47 heavy (non-hydrogen) atoms. The summed E-state index contributed by atoms with van der Waals surface area (Å²) in [6.45, 7) is 12.7. The summed E-state index contributed by atoms with van der Waals surface area (Å²) >= 11 is 0. The first-order valence-corrected chi connectivity index (χ1v) is 19.5. The van der Waals surface area contributed by atoms with Gasteiger partial charge in [0, 0.05) is 56.9 Å². The molecule has 0 N–H and O–H groups in total. The summed E-state index contributed by atoms with van der Waals surface area (Å²) in [7, 11) is -6.78. The predicted octanol–water partition coefficient (Wildman–Crippen LogP) is 6.20. The Morgan fingerprint density at radius 1 is 0.681 bits per heavy atom.